The highest BCUT2D eigenvalue weighted by Crippen LogP contribution is 2.26. The molecule has 0 saturated carbocycles. The van der Waals surface area contributed by atoms with Gasteiger partial charge in [-0.25, -0.2) is 0 Å². The molecule has 1 unspecified atom stereocenters. The zero-order valence-corrected chi connectivity index (χ0v) is 11.2. The predicted octanol–water partition coefficient (Wildman–Crippen LogP) is 1.44. The van der Waals surface area contributed by atoms with E-state index in [4.69, 9.17) is 10.9 Å². The summed E-state index contributed by atoms with van der Waals surface area (Å²) >= 11 is 0. The van der Waals surface area contributed by atoms with Gasteiger partial charge < -0.3 is 20.9 Å². The van der Waals surface area contributed by atoms with Crippen molar-refractivity contribution in [1.82, 2.24) is 0 Å². The van der Waals surface area contributed by atoms with E-state index in [1.165, 1.54) is 6.42 Å². The van der Waals surface area contributed by atoms with Gasteiger partial charge in [-0.15, -0.1) is 0 Å². The summed E-state index contributed by atoms with van der Waals surface area (Å²) in [6, 6.07) is 6.06. The molecule has 1 fully saturated rings. The summed E-state index contributed by atoms with van der Waals surface area (Å²) in [6.45, 7) is 3.09. The Labute approximate surface area is 113 Å². The van der Waals surface area contributed by atoms with Crippen molar-refractivity contribution >= 4 is 11.5 Å². The van der Waals surface area contributed by atoms with Crippen LogP contribution in [0.1, 0.15) is 30.4 Å². The van der Waals surface area contributed by atoms with Gasteiger partial charge in [0.15, 0.2) is 5.84 Å². The molecule has 2 rings (SSSR count). The molecule has 19 heavy (non-hydrogen) atoms. The predicted molar refractivity (Wildman–Crippen MR) is 75.8 cm³/mol. The van der Waals surface area contributed by atoms with Gasteiger partial charge >= 0.3 is 0 Å². The molecule has 1 aromatic carbocycles. The number of amidine groups is 1. The first kappa shape index (κ1) is 13.7. The Kier molecular flexibility index (Phi) is 4.27. The SMILES string of the molecule is Cc1cc(N2CCCCC2CO)ccc1/C(N)=N/O. The largest absolute Gasteiger partial charge is 0.409 e. The Morgan fingerprint density at radius 2 is 2.26 bits per heavy atom. The van der Waals surface area contributed by atoms with Crippen LogP contribution < -0.4 is 10.6 Å². The lowest BCUT2D eigenvalue weighted by Gasteiger charge is -2.36. The summed E-state index contributed by atoms with van der Waals surface area (Å²) in [5.74, 6) is 0.126. The molecule has 1 aliphatic rings. The average Bonchev–Trinajstić information content (AvgIpc) is 2.46. The van der Waals surface area contributed by atoms with Crippen LogP contribution in [0, 0.1) is 6.92 Å². The van der Waals surface area contributed by atoms with Gasteiger partial charge in [-0.1, -0.05) is 5.16 Å². The molecule has 0 amide bonds. The number of nitrogens with two attached hydrogens (primary N) is 1. The molecule has 0 aromatic heterocycles. The fraction of sp³-hybridized carbons (Fsp3) is 0.500. The van der Waals surface area contributed by atoms with E-state index >= 15 is 0 Å². The molecular formula is C14H21N3O2. The van der Waals surface area contributed by atoms with Crippen molar-refractivity contribution < 1.29 is 10.3 Å². The minimum Gasteiger partial charge on any atom is -0.409 e. The monoisotopic (exact) mass is 263 g/mol. The number of oxime groups is 1. The first-order chi connectivity index (χ1) is 9.17. The minimum atomic E-state index is 0.126. The summed E-state index contributed by atoms with van der Waals surface area (Å²) in [4.78, 5) is 2.24. The number of aryl methyl sites for hydroxylation is 1. The summed E-state index contributed by atoms with van der Waals surface area (Å²) in [5.41, 5.74) is 8.42. The van der Waals surface area contributed by atoms with Gasteiger partial charge in [-0.3, -0.25) is 0 Å². The van der Waals surface area contributed by atoms with Crippen LogP contribution in [-0.4, -0.2) is 35.3 Å². The maximum atomic E-state index is 9.46. The van der Waals surface area contributed by atoms with E-state index in [1.54, 1.807) is 0 Å². The molecule has 5 nitrogen and oxygen atoms in total. The third-order valence-electron chi connectivity index (χ3n) is 3.76. The Morgan fingerprint density at radius 3 is 2.89 bits per heavy atom. The Hall–Kier alpha value is -1.75. The van der Waals surface area contributed by atoms with Crippen LogP contribution in [-0.2, 0) is 0 Å². The topological polar surface area (TPSA) is 82.1 Å². The second-order valence-electron chi connectivity index (χ2n) is 5.01. The lowest BCUT2D eigenvalue weighted by Crippen LogP contribution is -2.42. The van der Waals surface area contributed by atoms with Crippen molar-refractivity contribution in [2.45, 2.75) is 32.2 Å². The van der Waals surface area contributed by atoms with E-state index in [0.29, 0.717) is 0 Å². The van der Waals surface area contributed by atoms with Crippen molar-refractivity contribution in [3.05, 3.63) is 29.3 Å². The van der Waals surface area contributed by atoms with E-state index in [1.807, 2.05) is 25.1 Å². The van der Waals surface area contributed by atoms with E-state index in [2.05, 4.69) is 10.1 Å². The molecular weight excluding hydrogens is 242 g/mol. The summed E-state index contributed by atoms with van der Waals surface area (Å²) in [7, 11) is 0. The lowest BCUT2D eigenvalue weighted by molar-refractivity contribution is 0.240. The van der Waals surface area contributed by atoms with Crippen LogP contribution in [0.3, 0.4) is 0 Å². The molecule has 1 saturated heterocycles. The molecule has 4 N–H and O–H groups in total. The second-order valence-corrected chi connectivity index (χ2v) is 5.01. The van der Waals surface area contributed by atoms with E-state index in [9.17, 15) is 5.11 Å². The number of aliphatic hydroxyl groups is 1. The standard InChI is InChI=1S/C14H21N3O2/c1-10-8-11(5-6-13(10)14(15)16-19)17-7-3-2-4-12(17)9-18/h5-6,8,12,18-19H,2-4,7,9H2,1H3,(H2,15,16). The van der Waals surface area contributed by atoms with Crippen LogP contribution >= 0.6 is 0 Å². The number of hydrogen-bond donors (Lipinski definition) is 3. The van der Waals surface area contributed by atoms with Gasteiger partial charge in [0.05, 0.1) is 12.6 Å². The molecule has 104 valence electrons. The van der Waals surface area contributed by atoms with Crippen LogP contribution in [0.4, 0.5) is 5.69 Å². The Bertz CT molecular complexity index is 474. The molecule has 1 atom stereocenters. The van der Waals surface area contributed by atoms with Gasteiger partial charge in [0.2, 0.25) is 0 Å². The molecule has 0 spiro atoms. The number of rotatable bonds is 3. The Morgan fingerprint density at radius 1 is 1.47 bits per heavy atom. The highest BCUT2D eigenvalue weighted by atomic mass is 16.4. The number of aliphatic hydroxyl groups excluding tert-OH is 1. The maximum absolute atomic E-state index is 9.46. The summed E-state index contributed by atoms with van der Waals surface area (Å²) in [5, 5.41) is 21.2. The summed E-state index contributed by atoms with van der Waals surface area (Å²) < 4.78 is 0. The molecule has 0 radical (unpaired) electrons. The van der Waals surface area contributed by atoms with Crippen LogP contribution in [0.5, 0.6) is 0 Å². The number of benzene rings is 1. The van der Waals surface area contributed by atoms with Gasteiger partial charge in [-0.05, 0) is 49.9 Å². The lowest BCUT2D eigenvalue weighted by atomic mass is 10.00. The highest BCUT2D eigenvalue weighted by Gasteiger charge is 2.22. The van der Waals surface area contributed by atoms with Crippen LogP contribution in [0.2, 0.25) is 0 Å². The molecule has 1 heterocycles. The van der Waals surface area contributed by atoms with Crippen molar-refractivity contribution in [1.29, 1.82) is 0 Å². The highest BCUT2D eigenvalue weighted by molar-refractivity contribution is 5.98. The fourth-order valence-corrected chi connectivity index (χ4v) is 2.70. The molecule has 1 aromatic rings. The number of nitrogens with zero attached hydrogens (tertiary/aromatic N) is 2. The third-order valence-corrected chi connectivity index (χ3v) is 3.76. The van der Waals surface area contributed by atoms with Crippen LogP contribution in [0.25, 0.3) is 0 Å². The van der Waals surface area contributed by atoms with Crippen molar-refractivity contribution in [2.75, 3.05) is 18.1 Å². The van der Waals surface area contributed by atoms with Gasteiger partial charge in [0.1, 0.15) is 0 Å². The molecule has 0 aliphatic carbocycles. The van der Waals surface area contributed by atoms with Gasteiger partial charge in [0.25, 0.3) is 0 Å². The van der Waals surface area contributed by atoms with Crippen molar-refractivity contribution in [3.63, 3.8) is 0 Å². The average molecular weight is 263 g/mol. The quantitative estimate of drug-likeness (QED) is 0.333. The zero-order valence-electron chi connectivity index (χ0n) is 11.2. The van der Waals surface area contributed by atoms with Gasteiger partial charge in [0, 0.05) is 17.8 Å². The zero-order chi connectivity index (χ0) is 13.8. The first-order valence-corrected chi connectivity index (χ1v) is 6.63. The molecule has 1 aliphatic heterocycles. The van der Waals surface area contributed by atoms with Gasteiger partial charge in [-0.2, -0.15) is 0 Å². The van der Waals surface area contributed by atoms with E-state index in [0.717, 1.165) is 36.2 Å². The van der Waals surface area contributed by atoms with Crippen molar-refractivity contribution in [3.8, 4) is 0 Å². The first-order valence-electron chi connectivity index (χ1n) is 6.63. The Balaban J connectivity index is 2.28. The molecule has 0 bridgehead atoms. The number of anilines is 1. The molecule has 5 heteroatoms. The summed E-state index contributed by atoms with van der Waals surface area (Å²) in [6.07, 6.45) is 3.35. The number of piperidine rings is 1. The minimum absolute atomic E-state index is 0.126. The normalized spacial score (nSPS) is 20.6. The number of hydrogen-bond acceptors (Lipinski definition) is 4. The second kappa shape index (κ2) is 5.93. The van der Waals surface area contributed by atoms with E-state index in [-0.39, 0.29) is 18.5 Å². The van der Waals surface area contributed by atoms with Crippen molar-refractivity contribution in [2.24, 2.45) is 10.9 Å². The third kappa shape index (κ3) is 2.81. The smallest absolute Gasteiger partial charge is 0.170 e. The maximum Gasteiger partial charge on any atom is 0.170 e. The van der Waals surface area contributed by atoms with Crippen LogP contribution in [0.15, 0.2) is 23.4 Å². The fourth-order valence-electron chi connectivity index (χ4n) is 2.70. The van der Waals surface area contributed by atoms with E-state index < -0.39 is 0 Å².